The average Bonchev–Trinajstić information content (AvgIpc) is 1.98. The molecule has 0 fully saturated rings. The van der Waals surface area contributed by atoms with E-state index in [2.05, 4.69) is 0 Å². The topological polar surface area (TPSA) is 34.1 Å². The monoisotopic (exact) mass is 280 g/mol. The molecule has 0 aromatic heterocycles. The lowest BCUT2D eigenvalue weighted by Crippen LogP contribution is -2.00. The van der Waals surface area contributed by atoms with E-state index in [1.807, 2.05) is 0 Å². The van der Waals surface area contributed by atoms with Gasteiger partial charge in [0.1, 0.15) is 4.90 Å². The molecule has 0 bridgehead atoms. The first kappa shape index (κ1) is 12.0. The Kier molecular flexibility index (Phi) is 3.26. The van der Waals surface area contributed by atoms with Gasteiger partial charge in [0.2, 0.25) is 0 Å². The molecule has 0 aliphatic heterocycles. The Bertz CT molecular complexity index is 460. The van der Waals surface area contributed by atoms with Crippen LogP contribution in [0, 0.1) is 11.6 Å². The third kappa shape index (κ3) is 2.11. The lowest BCUT2D eigenvalue weighted by molar-refractivity contribution is 0.486. The van der Waals surface area contributed by atoms with Crippen molar-refractivity contribution in [3.05, 3.63) is 27.7 Å². The molecule has 8 heteroatoms. The Morgan fingerprint density at radius 3 is 2.14 bits per heavy atom. The zero-order chi connectivity index (χ0) is 11.1. The lowest BCUT2D eigenvalue weighted by atomic mass is 10.3. The van der Waals surface area contributed by atoms with Crippen LogP contribution in [0.5, 0.6) is 0 Å². The van der Waals surface area contributed by atoms with E-state index in [-0.39, 0.29) is 0 Å². The molecule has 0 unspecified atom stereocenters. The first-order chi connectivity index (χ1) is 6.25. The second kappa shape index (κ2) is 3.81. The van der Waals surface area contributed by atoms with Gasteiger partial charge in [-0.25, -0.2) is 17.2 Å². The van der Waals surface area contributed by atoms with E-state index in [1.54, 1.807) is 0 Å². The van der Waals surface area contributed by atoms with Gasteiger partial charge in [-0.2, -0.15) is 0 Å². The van der Waals surface area contributed by atoms with E-state index in [0.717, 1.165) is 0 Å². The number of rotatable bonds is 1. The summed E-state index contributed by atoms with van der Waals surface area (Å²) in [5.74, 6) is -3.08. The fourth-order valence-corrected chi connectivity index (χ4v) is 2.64. The fraction of sp³-hybridized carbons (Fsp3) is 0. The lowest BCUT2D eigenvalue weighted by Gasteiger charge is -2.04. The molecule has 0 radical (unpaired) electrons. The first-order valence-corrected chi connectivity index (χ1v) is 6.09. The molecule has 0 spiro atoms. The first-order valence-electron chi connectivity index (χ1n) is 3.03. The van der Waals surface area contributed by atoms with Gasteiger partial charge < -0.3 is 0 Å². The van der Waals surface area contributed by atoms with Crippen LogP contribution in [-0.4, -0.2) is 8.42 Å². The molecular weight excluding hydrogens is 280 g/mol. The summed E-state index contributed by atoms with van der Waals surface area (Å²) in [6.07, 6.45) is 0. The highest BCUT2D eigenvalue weighted by Crippen LogP contribution is 2.34. The van der Waals surface area contributed by atoms with Crippen LogP contribution >= 0.6 is 33.9 Å². The minimum atomic E-state index is -4.47. The molecule has 78 valence electrons. The molecule has 0 atom stereocenters. The molecule has 0 aliphatic rings. The largest absolute Gasteiger partial charge is 0.265 e. The molecule has 0 N–H and O–H groups in total. The van der Waals surface area contributed by atoms with E-state index in [0.29, 0.717) is 6.07 Å². The Morgan fingerprint density at radius 2 is 1.71 bits per heavy atom. The van der Waals surface area contributed by atoms with Crippen molar-refractivity contribution in [3.63, 3.8) is 0 Å². The normalized spacial score (nSPS) is 11.8. The maximum Gasteiger partial charge on any atom is 0.265 e. The molecule has 0 amide bonds. The standard InChI is InChI=1S/C6HCl3F2O2S/c7-2-1-3(10)5(11)6(4(2)8)14(9,12)13/h1H. The van der Waals surface area contributed by atoms with Gasteiger partial charge in [-0.05, 0) is 6.07 Å². The molecule has 1 aromatic rings. The minimum absolute atomic E-state index is 0.426. The Balaban J connectivity index is 3.74. The fourth-order valence-electron chi connectivity index (χ4n) is 0.765. The van der Waals surface area contributed by atoms with E-state index in [4.69, 9.17) is 33.9 Å². The van der Waals surface area contributed by atoms with E-state index in [1.165, 1.54) is 0 Å². The third-order valence-electron chi connectivity index (χ3n) is 1.32. The Hall–Kier alpha value is -0.100. The van der Waals surface area contributed by atoms with Gasteiger partial charge in [0.15, 0.2) is 11.6 Å². The molecular formula is C6HCl3F2O2S. The van der Waals surface area contributed by atoms with Crippen LogP contribution in [0.15, 0.2) is 11.0 Å². The van der Waals surface area contributed by atoms with Crippen molar-refractivity contribution in [2.75, 3.05) is 0 Å². The summed E-state index contributed by atoms with van der Waals surface area (Å²) in [4.78, 5) is -1.15. The van der Waals surface area contributed by atoms with Gasteiger partial charge >= 0.3 is 0 Å². The molecule has 0 saturated heterocycles. The maximum atomic E-state index is 13.0. The smallest absolute Gasteiger partial charge is 0.207 e. The number of hydrogen-bond donors (Lipinski definition) is 0. The van der Waals surface area contributed by atoms with Gasteiger partial charge in [0.05, 0.1) is 10.0 Å². The zero-order valence-corrected chi connectivity index (χ0v) is 9.28. The predicted octanol–water partition coefficient (Wildman–Crippen LogP) is 3.20. The summed E-state index contributed by atoms with van der Waals surface area (Å²) in [6, 6.07) is 0.560. The number of hydrogen-bond acceptors (Lipinski definition) is 2. The molecule has 0 aliphatic carbocycles. The van der Waals surface area contributed by atoms with Crippen molar-refractivity contribution in [3.8, 4) is 0 Å². The number of benzene rings is 1. The average molecular weight is 281 g/mol. The van der Waals surface area contributed by atoms with Gasteiger partial charge in [-0.3, -0.25) is 0 Å². The van der Waals surface area contributed by atoms with Crippen molar-refractivity contribution >= 4 is 42.9 Å². The van der Waals surface area contributed by atoms with E-state index < -0.39 is 35.6 Å². The highest BCUT2D eigenvalue weighted by molar-refractivity contribution is 8.13. The van der Waals surface area contributed by atoms with Gasteiger partial charge in [0, 0.05) is 10.7 Å². The van der Waals surface area contributed by atoms with Gasteiger partial charge in [-0.1, -0.05) is 23.2 Å². The van der Waals surface area contributed by atoms with Crippen molar-refractivity contribution in [2.45, 2.75) is 4.90 Å². The summed E-state index contributed by atoms with van der Waals surface area (Å²) >= 11 is 10.7. The summed E-state index contributed by atoms with van der Waals surface area (Å²) in [7, 11) is 0.367. The van der Waals surface area contributed by atoms with Crippen LogP contribution in [0.25, 0.3) is 0 Å². The predicted molar refractivity (Wildman–Crippen MR) is 49.4 cm³/mol. The van der Waals surface area contributed by atoms with Crippen LogP contribution in [0.3, 0.4) is 0 Å². The maximum absolute atomic E-state index is 13.0. The molecule has 14 heavy (non-hydrogen) atoms. The van der Waals surface area contributed by atoms with E-state index >= 15 is 0 Å². The molecule has 1 aromatic carbocycles. The Morgan fingerprint density at radius 1 is 1.21 bits per heavy atom. The third-order valence-corrected chi connectivity index (χ3v) is 3.55. The van der Waals surface area contributed by atoms with Crippen LogP contribution < -0.4 is 0 Å². The molecule has 2 nitrogen and oxygen atoms in total. The second-order valence-corrected chi connectivity index (χ2v) is 5.52. The van der Waals surface area contributed by atoms with Crippen molar-refractivity contribution in [2.24, 2.45) is 0 Å². The molecule has 0 saturated carbocycles. The van der Waals surface area contributed by atoms with Crippen LogP contribution in [0.4, 0.5) is 8.78 Å². The summed E-state index contributed by atoms with van der Waals surface area (Å²) < 4.78 is 47.3. The van der Waals surface area contributed by atoms with Crippen LogP contribution in [0.2, 0.25) is 10.0 Å². The van der Waals surface area contributed by atoms with Crippen molar-refractivity contribution in [1.82, 2.24) is 0 Å². The Labute approximate surface area is 92.8 Å². The zero-order valence-electron chi connectivity index (χ0n) is 6.19. The van der Waals surface area contributed by atoms with Crippen molar-refractivity contribution in [1.29, 1.82) is 0 Å². The number of halogens is 5. The van der Waals surface area contributed by atoms with Crippen LogP contribution in [0.1, 0.15) is 0 Å². The minimum Gasteiger partial charge on any atom is -0.207 e. The summed E-state index contributed by atoms with van der Waals surface area (Å²) in [5.41, 5.74) is 0. The van der Waals surface area contributed by atoms with E-state index in [9.17, 15) is 17.2 Å². The molecule has 1 rings (SSSR count). The quantitative estimate of drug-likeness (QED) is 0.585. The van der Waals surface area contributed by atoms with Gasteiger partial charge in [0.25, 0.3) is 9.05 Å². The van der Waals surface area contributed by atoms with Crippen LogP contribution in [-0.2, 0) is 9.05 Å². The summed E-state index contributed by atoms with van der Waals surface area (Å²) in [5, 5.41) is -1.06. The van der Waals surface area contributed by atoms with Crippen molar-refractivity contribution < 1.29 is 17.2 Å². The summed E-state index contributed by atoms with van der Waals surface area (Å²) in [6.45, 7) is 0. The SMILES string of the molecule is O=S(=O)(Cl)c1c(F)c(F)cc(Cl)c1Cl. The second-order valence-electron chi connectivity index (χ2n) is 2.24. The highest BCUT2D eigenvalue weighted by atomic mass is 35.7. The van der Waals surface area contributed by atoms with Gasteiger partial charge in [-0.15, -0.1) is 0 Å². The molecule has 0 heterocycles. The highest BCUT2D eigenvalue weighted by Gasteiger charge is 2.25.